The third kappa shape index (κ3) is 8.96. The number of hydrogen-bond donors (Lipinski definition) is 4. The molecule has 3 aliphatic rings. The van der Waals surface area contributed by atoms with Crippen LogP contribution in [0.25, 0.3) is 10.8 Å². The number of carbonyl (C=O) groups excluding carboxylic acids is 3. The molecule has 7 rings (SSSR count). The maximum atomic E-state index is 14.4. The third-order valence-electron chi connectivity index (χ3n) is 10.8. The lowest BCUT2D eigenvalue weighted by molar-refractivity contribution is -0.143. The van der Waals surface area contributed by atoms with Crippen molar-refractivity contribution in [2.45, 2.75) is 63.1 Å². The number of nitrogens with zero attached hydrogens (tertiary/aromatic N) is 1. The van der Waals surface area contributed by atoms with Crippen molar-refractivity contribution in [1.29, 1.82) is 0 Å². The Morgan fingerprint density at radius 1 is 0.686 bits per heavy atom. The molecule has 266 valence electrons. The summed E-state index contributed by atoms with van der Waals surface area (Å²) in [6, 6.07) is 29.6. The Morgan fingerprint density at radius 3 is 2.04 bits per heavy atom. The largest absolute Gasteiger partial charge is 0.457 e. The van der Waals surface area contributed by atoms with Gasteiger partial charge in [0, 0.05) is 19.4 Å². The molecule has 9 heteroatoms. The zero-order chi connectivity index (χ0) is 35.0. The van der Waals surface area contributed by atoms with Crippen LogP contribution in [-0.2, 0) is 27.2 Å². The molecule has 3 fully saturated rings. The van der Waals surface area contributed by atoms with Gasteiger partial charge < -0.3 is 30.9 Å². The summed E-state index contributed by atoms with van der Waals surface area (Å²) in [5.74, 6) is 1.65. The highest BCUT2D eigenvalue weighted by atomic mass is 16.5. The smallest absolute Gasteiger partial charge is 0.245 e. The topological polar surface area (TPSA) is 112 Å². The average Bonchev–Trinajstić information content (AvgIpc) is 3.16. The second-order valence-corrected chi connectivity index (χ2v) is 14.4. The molecule has 3 heterocycles. The van der Waals surface area contributed by atoms with Crippen LogP contribution in [0.2, 0.25) is 0 Å². The standard InChI is InChI=1S/C42H49N5O4/c48-39(27-30-16-20-43-21-17-30)47(28-31-18-22-44-23-19-31)38(26-29-11-14-36(15-12-29)51-35-8-2-1-3-9-35)40-42(50)45-37(41(49)46-40)25-32-10-13-33-6-4-5-7-34(33)24-32/h1-15,24,30-31,37-38,40,43-44H,16-23,25-28H2,(H,45,50)(H,46,49)/t37-,38?,40-/m0/s1. The lowest BCUT2D eigenvalue weighted by Crippen LogP contribution is -2.69. The van der Waals surface area contributed by atoms with Crippen molar-refractivity contribution in [3.05, 3.63) is 108 Å². The van der Waals surface area contributed by atoms with Crippen LogP contribution in [0.15, 0.2) is 97.1 Å². The van der Waals surface area contributed by atoms with E-state index in [1.54, 1.807) is 0 Å². The zero-order valence-corrected chi connectivity index (χ0v) is 29.2. The monoisotopic (exact) mass is 687 g/mol. The summed E-state index contributed by atoms with van der Waals surface area (Å²) in [4.78, 5) is 44.4. The maximum Gasteiger partial charge on any atom is 0.245 e. The first kappa shape index (κ1) is 34.7. The fraction of sp³-hybridized carbons (Fsp3) is 0.405. The van der Waals surface area contributed by atoms with E-state index in [9.17, 15) is 14.4 Å². The van der Waals surface area contributed by atoms with E-state index in [4.69, 9.17) is 4.74 Å². The molecule has 9 nitrogen and oxygen atoms in total. The number of fused-ring (bicyclic) bond motifs is 1. The average molecular weight is 688 g/mol. The number of hydrogen-bond acceptors (Lipinski definition) is 6. The number of ether oxygens (including phenoxy) is 1. The highest BCUT2D eigenvalue weighted by Gasteiger charge is 2.43. The summed E-state index contributed by atoms with van der Waals surface area (Å²) in [7, 11) is 0. The Morgan fingerprint density at radius 2 is 1.31 bits per heavy atom. The molecule has 0 aliphatic carbocycles. The first-order chi connectivity index (χ1) is 25.0. The van der Waals surface area contributed by atoms with E-state index >= 15 is 0 Å². The van der Waals surface area contributed by atoms with Crippen LogP contribution in [0.4, 0.5) is 0 Å². The molecule has 0 saturated carbocycles. The van der Waals surface area contributed by atoms with E-state index in [1.165, 1.54) is 0 Å². The minimum absolute atomic E-state index is 0.0646. The van der Waals surface area contributed by atoms with Crippen molar-refractivity contribution < 1.29 is 19.1 Å². The van der Waals surface area contributed by atoms with Crippen LogP contribution in [0.5, 0.6) is 11.5 Å². The predicted molar refractivity (Wildman–Crippen MR) is 199 cm³/mol. The maximum absolute atomic E-state index is 14.4. The quantitative estimate of drug-likeness (QED) is 0.167. The molecule has 1 unspecified atom stereocenters. The molecule has 51 heavy (non-hydrogen) atoms. The molecule has 0 radical (unpaired) electrons. The number of piperazine rings is 1. The molecule has 4 aromatic rings. The summed E-state index contributed by atoms with van der Waals surface area (Å²) < 4.78 is 6.04. The number of amides is 3. The van der Waals surface area contributed by atoms with E-state index in [2.05, 4.69) is 45.5 Å². The summed E-state index contributed by atoms with van der Waals surface area (Å²) in [5.41, 5.74) is 1.94. The number of benzene rings is 4. The summed E-state index contributed by atoms with van der Waals surface area (Å²) in [5, 5.41) is 15.3. The van der Waals surface area contributed by atoms with Crippen LogP contribution < -0.4 is 26.0 Å². The molecule has 4 N–H and O–H groups in total. The highest BCUT2D eigenvalue weighted by molar-refractivity contribution is 5.98. The third-order valence-corrected chi connectivity index (χ3v) is 10.8. The van der Waals surface area contributed by atoms with Crippen molar-refractivity contribution in [3.63, 3.8) is 0 Å². The van der Waals surface area contributed by atoms with Crippen molar-refractivity contribution in [3.8, 4) is 11.5 Å². The Kier molecular flexibility index (Phi) is 11.2. The molecule has 4 aromatic carbocycles. The predicted octanol–water partition coefficient (Wildman–Crippen LogP) is 4.99. The number of nitrogens with one attached hydrogen (secondary N) is 4. The molecule has 0 spiro atoms. The van der Waals surface area contributed by atoms with Crippen LogP contribution in [0.1, 0.15) is 43.2 Å². The Bertz CT molecular complexity index is 1790. The van der Waals surface area contributed by atoms with Gasteiger partial charge in [-0.25, -0.2) is 0 Å². The SMILES string of the molecule is O=C1N[C@@H](C(Cc2ccc(Oc3ccccc3)cc2)N(CC2CCNCC2)C(=O)CC2CCNCC2)C(=O)N[C@H]1Cc1ccc2ccccc2c1. The minimum Gasteiger partial charge on any atom is -0.457 e. The lowest BCUT2D eigenvalue weighted by atomic mass is 9.89. The van der Waals surface area contributed by atoms with Gasteiger partial charge in [0.05, 0.1) is 6.04 Å². The Labute approximate surface area is 300 Å². The van der Waals surface area contributed by atoms with Crippen molar-refractivity contribution in [2.24, 2.45) is 11.8 Å². The number of piperidine rings is 2. The van der Waals surface area contributed by atoms with Gasteiger partial charge >= 0.3 is 0 Å². The van der Waals surface area contributed by atoms with Crippen LogP contribution in [-0.4, -0.2) is 73.5 Å². The first-order valence-electron chi connectivity index (χ1n) is 18.6. The Balaban J connectivity index is 1.15. The van der Waals surface area contributed by atoms with Gasteiger partial charge in [0.2, 0.25) is 17.7 Å². The molecule has 0 bridgehead atoms. The molecule has 3 aliphatic heterocycles. The van der Waals surface area contributed by atoms with Gasteiger partial charge in [-0.1, -0.05) is 72.8 Å². The van der Waals surface area contributed by atoms with E-state index in [1.807, 2.05) is 77.7 Å². The van der Waals surface area contributed by atoms with E-state index in [0.29, 0.717) is 43.4 Å². The minimum atomic E-state index is -0.885. The normalized spacial score (nSPS) is 20.7. The molecule has 3 saturated heterocycles. The second-order valence-electron chi connectivity index (χ2n) is 14.4. The van der Waals surface area contributed by atoms with E-state index in [-0.39, 0.29) is 17.7 Å². The van der Waals surface area contributed by atoms with E-state index in [0.717, 1.165) is 79.5 Å². The van der Waals surface area contributed by atoms with Crippen molar-refractivity contribution >= 4 is 28.5 Å². The number of carbonyl (C=O) groups is 3. The first-order valence-corrected chi connectivity index (χ1v) is 18.6. The van der Waals surface area contributed by atoms with Crippen molar-refractivity contribution in [2.75, 3.05) is 32.7 Å². The van der Waals surface area contributed by atoms with E-state index < -0.39 is 18.1 Å². The summed E-state index contributed by atoms with van der Waals surface area (Å²) in [6.07, 6.45) is 5.09. The van der Waals surface area contributed by atoms with Gasteiger partial charge in [-0.2, -0.15) is 0 Å². The van der Waals surface area contributed by atoms with Crippen LogP contribution in [0, 0.1) is 11.8 Å². The van der Waals surface area contributed by atoms with Crippen LogP contribution in [0.3, 0.4) is 0 Å². The Hall–Kier alpha value is -4.73. The van der Waals surface area contributed by atoms with Gasteiger partial charge in [-0.3, -0.25) is 14.4 Å². The van der Waals surface area contributed by atoms with Gasteiger partial charge in [0.15, 0.2) is 0 Å². The lowest BCUT2D eigenvalue weighted by Gasteiger charge is -2.42. The van der Waals surface area contributed by atoms with Crippen molar-refractivity contribution in [1.82, 2.24) is 26.2 Å². The number of rotatable bonds is 12. The van der Waals surface area contributed by atoms with Gasteiger partial charge in [0.25, 0.3) is 0 Å². The van der Waals surface area contributed by atoms with Gasteiger partial charge in [-0.05, 0) is 116 Å². The summed E-state index contributed by atoms with van der Waals surface area (Å²) in [6.45, 7) is 4.20. The molecule has 0 aromatic heterocycles. The zero-order valence-electron chi connectivity index (χ0n) is 29.2. The fourth-order valence-corrected chi connectivity index (χ4v) is 7.84. The molecule has 3 amide bonds. The molecule has 3 atom stereocenters. The molecular formula is C42H49N5O4. The highest BCUT2D eigenvalue weighted by Crippen LogP contribution is 2.27. The fourth-order valence-electron chi connectivity index (χ4n) is 7.84. The molecular weight excluding hydrogens is 638 g/mol. The van der Waals surface area contributed by atoms with Crippen LogP contribution >= 0.6 is 0 Å². The number of para-hydroxylation sites is 1. The summed E-state index contributed by atoms with van der Waals surface area (Å²) >= 11 is 0. The second kappa shape index (κ2) is 16.5. The van der Waals surface area contributed by atoms with Gasteiger partial charge in [0.1, 0.15) is 23.6 Å². The van der Waals surface area contributed by atoms with Gasteiger partial charge in [-0.15, -0.1) is 0 Å².